The van der Waals surface area contributed by atoms with Crippen molar-refractivity contribution in [2.45, 2.75) is 39.5 Å². The minimum absolute atomic E-state index is 0.133. The van der Waals surface area contributed by atoms with Crippen molar-refractivity contribution in [1.29, 1.82) is 0 Å². The normalized spacial score (nSPS) is 10.6. The van der Waals surface area contributed by atoms with Crippen LogP contribution in [0.5, 0.6) is 0 Å². The first-order valence-corrected chi connectivity index (χ1v) is 8.25. The summed E-state index contributed by atoms with van der Waals surface area (Å²) in [5.74, 6) is 0.133. The Hall–Kier alpha value is -1.68. The Morgan fingerprint density at radius 3 is 2.62 bits per heavy atom. The molecule has 0 unspecified atom stereocenters. The van der Waals surface area contributed by atoms with Crippen molar-refractivity contribution in [3.63, 3.8) is 0 Å². The molecule has 1 aromatic heterocycles. The highest BCUT2D eigenvalue weighted by molar-refractivity contribution is 7.09. The van der Waals surface area contributed by atoms with E-state index in [2.05, 4.69) is 46.9 Å². The van der Waals surface area contributed by atoms with Crippen LogP contribution in [0.1, 0.15) is 34.7 Å². The molecule has 2 rings (SSSR count). The molecule has 0 saturated heterocycles. The average Bonchev–Trinajstić information content (AvgIpc) is 2.87. The van der Waals surface area contributed by atoms with E-state index in [4.69, 9.17) is 0 Å². The van der Waals surface area contributed by atoms with Crippen LogP contribution in [-0.4, -0.2) is 17.4 Å². The molecule has 1 N–H and O–H groups in total. The predicted molar refractivity (Wildman–Crippen MR) is 87.7 cm³/mol. The van der Waals surface area contributed by atoms with Crippen LogP contribution in [0.25, 0.3) is 0 Å². The molecule has 2 aromatic rings. The van der Waals surface area contributed by atoms with Gasteiger partial charge in [-0.1, -0.05) is 29.8 Å². The monoisotopic (exact) mass is 302 g/mol. The zero-order valence-electron chi connectivity index (χ0n) is 12.7. The van der Waals surface area contributed by atoms with Crippen LogP contribution in [0, 0.1) is 13.8 Å². The van der Waals surface area contributed by atoms with Gasteiger partial charge in [-0.3, -0.25) is 4.79 Å². The second-order valence-electron chi connectivity index (χ2n) is 5.30. The van der Waals surface area contributed by atoms with E-state index in [1.807, 2.05) is 6.92 Å². The largest absolute Gasteiger partial charge is 0.356 e. The first-order valence-electron chi connectivity index (χ1n) is 7.37. The zero-order valence-corrected chi connectivity index (χ0v) is 13.5. The standard InChI is InChI=1S/C17H22N2OS/c1-13-6-8-15(9-7-13)4-3-5-17(20)18-11-10-16-12-21-14(2)19-16/h6-9,12H,3-5,10-11H2,1-2H3,(H,18,20). The van der Waals surface area contributed by atoms with Gasteiger partial charge < -0.3 is 5.32 Å². The molecule has 112 valence electrons. The van der Waals surface area contributed by atoms with Gasteiger partial charge in [0.1, 0.15) is 0 Å². The third kappa shape index (κ3) is 5.68. The second-order valence-corrected chi connectivity index (χ2v) is 6.36. The van der Waals surface area contributed by atoms with Crippen LogP contribution in [-0.2, 0) is 17.6 Å². The molecule has 0 fully saturated rings. The summed E-state index contributed by atoms with van der Waals surface area (Å²) in [6.45, 7) is 4.76. The molecule has 0 saturated carbocycles. The van der Waals surface area contributed by atoms with Gasteiger partial charge in [0.2, 0.25) is 5.91 Å². The van der Waals surface area contributed by atoms with Gasteiger partial charge >= 0.3 is 0 Å². The fraction of sp³-hybridized carbons (Fsp3) is 0.412. The van der Waals surface area contributed by atoms with Gasteiger partial charge in [0.25, 0.3) is 0 Å². The molecule has 3 nitrogen and oxygen atoms in total. The van der Waals surface area contributed by atoms with Gasteiger partial charge in [-0.2, -0.15) is 0 Å². The molecule has 1 amide bonds. The van der Waals surface area contributed by atoms with Gasteiger partial charge in [0.15, 0.2) is 0 Å². The van der Waals surface area contributed by atoms with Crippen molar-refractivity contribution in [3.8, 4) is 0 Å². The van der Waals surface area contributed by atoms with Crippen LogP contribution in [0.15, 0.2) is 29.6 Å². The smallest absolute Gasteiger partial charge is 0.220 e. The maximum absolute atomic E-state index is 11.8. The summed E-state index contributed by atoms with van der Waals surface area (Å²) >= 11 is 1.65. The van der Waals surface area contributed by atoms with Gasteiger partial charge in [-0.25, -0.2) is 4.98 Å². The van der Waals surface area contributed by atoms with Crippen molar-refractivity contribution >= 4 is 17.2 Å². The summed E-state index contributed by atoms with van der Waals surface area (Å²) in [6.07, 6.45) is 3.25. The van der Waals surface area contributed by atoms with Crippen molar-refractivity contribution in [1.82, 2.24) is 10.3 Å². The third-order valence-corrected chi connectivity index (χ3v) is 4.18. The molecule has 1 aromatic carbocycles. The van der Waals surface area contributed by atoms with Crippen LogP contribution < -0.4 is 5.32 Å². The van der Waals surface area contributed by atoms with E-state index in [1.165, 1.54) is 11.1 Å². The highest BCUT2D eigenvalue weighted by Crippen LogP contribution is 2.08. The summed E-state index contributed by atoms with van der Waals surface area (Å²) in [7, 11) is 0. The lowest BCUT2D eigenvalue weighted by Crippen LogP contribution is -2.25. The van der Waals surface area contributed by atoms with Crippen molar-refractivity contribution in [2.24, 2.45) is 0 Å². The topological polar surface area (TPSA) is 42.0 Å². The van der Waals surface area contributed by atoms with Crippen molar-refractivity contribution < 1.29 is 4.79 Å². The van der Waals surface area contributed by atoms with Crippen LogP contribution in [0.4, 0.5) is 0 Å². The molecule has 21 heavy (non-hydrogen) atoms. The van der Waals surface area contributed by atoms with Crippen LogP contribution in [0.3, 0.4) is 0 Å². The summed E-state index contributed by atoms with van der Waals surface area (Å²) < 4.78 is 0. The highest BCUT2D eigenvalue weighted by atomic mass is 32.1. The van der Waals surface area contributed by atoms with E-state index >= 15 is 0 Å². The Balaban J connectivity index is 1.60. The lowest BCUT2D eigenvalue weighted by atomic mass is 10.1. The summed E-state index contributed by atoms with van der Waals surface area (Å²) in [5, 5.41) is 6.09. The van der Waals surface area contributed by atoms with Gasteiger partial charge in [-0.05, 0) is 32.3 Å². The van der Waals surface area contributed by atoms with E-state index in [0.29, 0.717) is 13.0 Å². The molecule has 0 radical (unpaired) electrons. The molecular formula is C17H22N2OS. The SMILES string of the molecule is Cc1ccc(CCCC(=O)NCCc2csc(C)n2)cc1. The lowest BCUT2D eigenvalue weighted by molar-refractivity contribution is -0.121. The summed E-state index contributed by atoms with van der Waals surface area (Å²) in [5.41, 5.74) is 3.64. The number of thiazole rings is 1. The maximum atomic E-state index is 11.8. The molecular weight excluding hydrogens is 280 g/mol. The predicted octanol–water partition coefficient (Wildman–Crippen LogP) is 3.44. The Morgan fingerprint density at radius 2 is 1.95 bits per heavy atom. The molecule has 0 spiro atoms. The lowest BCUT2D eigenvalue weighted by Gasteiger charge is -2.05. The summed E-state index contributed by atoms with van der Waals surface area (Å²) in [6, 6.07) is 8.51. The Kier molecular flexibility index (Phi) is 5.93. The van der Waals surface area contributed by atoms with Crippen LogP contribution in [0.2, 0.25) is 0 Å². The minimum Gasteiger partial charge on any atom is -0.356 e. The number of aromatic nitrogens is 1. The molecule has 0 aliphatic heterocycles. The van der Waals surface area contributed by atoms with Crippen molar-refractivity contribution in [2.75, 3.05) is 6.54 Å². The number of aryl methyl sites for hydroxylation is 3. The Labute approximate surface area is 130 Å². The Bertz CT molecular complexity index is 575. The second kappa shape index (κ2) is 7.93. The van der Waals surface area contributed by atoms with E-state index in [9.17, 15) is 4.79 Å². The number of carbonyl (C=O) groups excluding carboxylic acids is 1. The number of amides is 1. The van der Waals surface area contributed by atoms with Gasteiger partial charge in [-0.15, -0.1) is 11.3 Å². The molecule has 0 atom stereocenters. The van der Waals surface area contributed by atoms with E-state index in [-0.39, 0.29) is 5.91 Å². The average molecular weight is 302 g/mol. The number of nitrogens with zero attached hydrogens (tertiary/aromatic N) is 1. The molecule has 0 bridgehead atoms. The molecule has 0 aliphatic rings. The molecule has 4 heteroatoms. The number of hydrogen-bond acceptors (Lipinski definition) is 3. The Morgan fingerprint density at radius 1 is 1.19 bits per heavy atom. The molecule has 0 aliphatic carbocycles. The highest BCUT2D eigenvalue weighted by Gasteiger charge is 2.03. The maximum Gasteiger partial charge on any atom is 0.220 e. The van der Waals surface area contributed by atoms with Gasteiger partial charge in [0.05, 0.1) is 10.7 Å². The van der Waals surface area contributed by atoms with Crippen LogP contribution >= 0.6 is 11.3 Å². The zero-order chi connectivity index (χ0) is 15.1. The van der Waals surface area contributed by atoms with E-state index in [1.54, 1.807) is 11.3 Å². The third-order valence-electron chi connectivity index (χ3n) is 3.36. The number of benzene rings is 1. The summed E-state index contributed by atoms with van der Waals surface area (Å²) in [4.78, 5) is 16.1. The van der Waals surface area contributed by atoms with Gasteiger partial charge in [0, 0.05) is 24.8 Å². The van der Waals surface area contributed by atoms with Crippen molar-refractivity contribution in [3.05, 3.63) is 51.5 Å². The molecule has 1 heterocycles. The fourth-order valence-electron chi connectivity index (χ4n) is 2.15. The number of hydrogen-bond donors (Lipinski definition) is 1. The first kappa shape index (κ1) is 15.7. The minimum atomic E-state index is 0.133. The fourth-order valence-corrected chi connectivity index (χ4v) is 2.80. The van der Waals surface area contributed by atoms with E-state index in [0.717, 1.165) is 30.0 Å². The number of nitrogens with one attached hydrogen (secondary N) is 1. The quantitative estimate of drug-likeness (QED) is 0.851. The number of rotatable bonds is 7. The van der Waals surface area contributed by atoms with E-state index < -0.39 is 0 Å². The first-order chi connectivity index (χ1) is 10.1. The number of carbonyl (C=O) groups is 1.